The number of piperazine rings is 1. The Balaban J connectivity index is 1.62. The minimum absolute atomic E-state index is 0.0498. The summed E-state index contributed by atoms with van der Waals surface area (Å²) >= 11 is 0. The van der Waals surface area contributed by atoms with Crippen LogP contribution in [0, 0.1) is 0 Å². The van der Waals surface area contributed by atoms with Crippen molar-refractivity contribution < 1.29 is 4.79 Å². The lowest BCUT2D eigenvalue weighted by molar-refractivity contribution is 0.0740. The predicted octanol–water partition coefficient (Wildman–Crippen LogP) is 1.47. The van der Waals surface area contributed by atoms with Crippen molar-refractivity contribution in [3.8, 4) is 0 Å². The molecular weight excluding hydrogens is 330 g/mol. The Kier molecular flexibility index (Phi) is 5.93. The van der Waals surface area contributed by atoms with Crippen LogP contribution in [0.4, 0.5) is 11.9 Å². The van der Waals surface area contributed by atoms with Gasteiger partial charge in [-0.05, 0) is 18.6 Å². The molecule has 0 spiro atoms. The van der Waals surface area contributed by atoms with Gasteiger partial charge in [0.1, 0.15) is 5.69 Å². The van der Waals surface area contributed by atoms with Crippen LogP contribution in [0.2, 0.25) is 0 Å². The van der Waals surface area contributed by atoms with E-state index in [1.54, 1.807) is 30.7 Å². The molecule has 0 bridgehead atoms. The van der Waals surface area contributed by atoms with Gasteiger partial charge in [-0.3, -0.25) is 4.79 Å². The molecule has 1 saturated heterocycles. The van der Waals surface area contributed by atoms with E-state index in [9.17, 15) is 4.79 Å². The Hall–Kier alpha value is -2.77. The van der Waals surface area contributed by atoms with Crippen LogP contribution < -0.4 is 9.80 Å². The molecule has 2 aromatic rings. The fraction of sp³-hybridized carbons (Fsp3) is 0.500. The van der Waals surface area contributed by atoms with Crippen LogP contribution in [-0.4, -0.2) is 70.5 Å². The van der Waals surface area contributed by atoms with Gasteiger partial charge in [0.2, 0.25) is 11.9 Å². The third-order valence-electron chi connectivity index (χ3n) is 4.45. The molecule has 26 heavy (non-hydrogen) atoms. The molecule has 0 N–H and O–H groups in total. The van der Waals surface area contributed by atoms with Gasteiger partial charge in [-0.25, -0.2) is 19.9 Å². The molecule has 138 valence electrons. The quantitative estimate of drug-likeness (QED) is 0.776. The first-order valence-corrected chi connectivity index (χ1v) is 9.04. The first-order valence-electron chi connectivity index (χ1n) is 9.04. The number of amides is 1. The zero-order valence-electron chi connectivity index (χ0n) is 15.4. The third kappa shape index (κ3) is 4.25. The molecule has 1 aliphatic rings. The number of anilines is 2. The Labute approximate surface area is 153 Å². The highest BCUT2D eigenvalue weighted by atomic mass is 16.2. The Morgan fingerprint density at radius 3 is 2.54 bits per heavy atom. The molecule has 1 fully saturated rings. The van der Waals surface area contributed by atoms with Gasteiger partial charge < -0.3 is 14.7 Å². The SMILES string of the molecule is CCCCN(C)c1nccc(C(=O)N2CCN(c3ncccn3)CC2)n1. The fourth-order valence-electron chi connectivity index (χ4n) is 2.87. The van der Waals surface area contributed by atoms with E-state index in [4.69, 9.17) is 0 Å². The second kappa shape index (κ2) is 8.55. The topological polar surface area (TPSA) is 78.4 Å². The van der Waals surface area contributed by atoms with Crippen molar-refractivity contribution in [1.82, 2.24) is 24.8 Å². The van der Waals surface area contributed by atoms with Gasteiger partial charge in [-0.15, -0.1) is 0 Å². The van der Waals surface area contributed by atoms with Crippen molar-refractivity contribution in [2.75, 3.05) is 49.6 Å². The van der Waals surface area contributed by atoms with Crippen LogP contribution in [0.1, 0.15) is 30.3 Å². The average Bonchev–Trinajstić information content (AvgIpc) is 2.72. The molecule has 0 unspecified atom stereocenters. The summed E-state index contributed by atoms with van der Waals surface area (Å²) in [4.78, 5) is 36.0. The highest BCUT2D eigenvalue weighted by molar-refractivity contribution is 5.92. The summed E-state index contributed by atoms with van der Waals surface area (Å²) < 4.78 is 0. The molecule has 1 amide bonds. The number of hydrogen-bond acceptors (Lipinski definition) is 7. The molecule has 3 heterocycles. The van der Waals surface area contributed by atoms with E-state index in [0.717, 1.165) is 19.4 Å². The van der Waals surface area contributed by atoms with Crippen molar-refractivity contribution in [3.63, 3.8) is 0 Å². The zero-order valence-corrected chi connectivity index (χ0v) is 15.4. The first-order chi connectivity index (χ1) is 12.7. The van der Waals surface area contributed by atoms with E-state index >= 15 is 0 Å². The highest BCUT2D eigenvalue weighted by Crippen LogP contribution is 2.13. The normalized spacial score (nSPS) is 14.4. The van der Waals surface area contributed by atoms with Gasteiger partial charge in [-0.2, -0.15) is 0 Å². The fourth-order valence-corrected chi connectivity index (χ4v) is 2.87. The molecule has 8 nitrogen and oxygen atoms in total. The van der Waals surface area contributed by atoms with Crippen molar-refractivity contribution >= 4 is 17.8 Å². The van der Waals surface area contributed by atoms with E-state index in [-0.39, 0.29) is 5.91 Å². The lowest BCUT2D eigenvalue weighted by Crippen LogP contribution is -2.49. The Bertz CT molecular complexity index is 716. The number of nitrogens with zero attached hydrogens (tertiary/aromatic N) is 7. The van der Waals surface area contributed by atoms with Crippen LogP contribution in [0.15, 0.2) is 30.7 Å². The highest BCUT2D eigenvalue weighted by Gasteiger charge is 2.24. The number of carbonyl (C=O) groups excluding carboxylic acids is 1. The van der Waals surface area contributed by atoms with Gasteiger partial charge in [-0.1, -0.05) is 13.3 Å². The Morgan fingerprint density at radius 1 is 1.12 bits per heavy atom. The van der Waals surface area contributed by atoms with Crippen LogP contribution >= 0.6 is 0 Å². The molecule has 0 aliphatic carbocycles. The summed E-state index contributed by atoms with van der Waals surface area (Å²) in [6.07, 6.45) is 7.31. The lowest BCUT2D eigenvalue weighted by atomic mass is 10.2. The summed E-state index contributed by atoms with van der Waals surface area (Å²) in [5, 5.41) is 0. The second-order valence-electron chi connectivity index (χ2n) is 6.35. The summed E-state index contributed by atoms with van der Waals surface area (Å²) in [7, 11) is 1.96. The predicted molar refractivity (Wildman–Crippen MR) is 100 cm³/mol. The van der Waals surface area contributed by atoms with Crippen molar-refractivity contribution in [2.24, 2.45) is 0 Å². The number of carbonyl (C=O) groups is 1. The zero-order chi connectivity index (χ0) is 18.4. The van der Waals surface area contributed by atoms with Crippen LogP contribution in [0.25, 0.3) is 0 Å². The smallest absolute Gasteiger partial charge is 0.272 e. The van der Waals surface area contributed by atoms with Gasteiger partial charge in [0.15, 0.2) is 0 Å². The molecule has 2 aromatic heterocycles. The average molecular weight is 355 g/mol. The van der Waals surface area contributed by atoms with Crippen LogP contribution in [0.5, 0.6) is 0 Å². The number of rotatable bonds is 6. The van der Waals surface area contributed by atoms with E-state index in [1.165, 1.54) is 0 Å². The van der Waals surface area contributed by atoms with E-state index in [2.05, 4.69) is 31.8 Å². The molecule has 1 aliphatic heterocycles. The second-order valence-corrected chi connectivity index (χ2v) is 6.35. The van der Waals surface area contributed by atoms with Gasteiger partial charge in [0, 0.05) is 58.4 Å². The molecule has 0 radical (unpaired) electrons. The molecule has 0 saturated carbocycles. The summed E-state index contributed by atoms with van der Waals surface area (Å²) in [5.74, 6) is 1.26. The third-order valence-corrected chi connectivity index (χ3v) is 4.45. The van der Waals surface area contributed by atoms with Crippen LogP contribution in [-0.2, 0) is 0 Å². The minimum atomic E-state index is -0.0498. The van der Waals surface area contributed by atoms with Crippen molar-refractivity contribution in [3.05, 3.63) is 36.4 Å². The molecule has 8 heteroatoms. The van der Waals surface area contributed by atoms with Crippen molar-refractivity contribution in [2.45, 2.75) is 19.8 Å². The maximum Gasteiger partial charge on any atom is 0.272 e. The summed E-state index contributed by atoms with van der Waals surface area (Å²) in [6.45, 7) is 5.71. The number of unbranched alkanes of at least 4 members (excludes halogenated alkanes) is 1. The molecule has 3 rings (SSSR count). The van der Waals surface area contributed by atoms with E-state index < -0.39 is 0 Å². The monoisotopic (exact) mass is 355 g/mol. The van der Waals surface area contributed by atoms with E-state index in [0.29, 0.717) is 43.8 Å². The largest absolute Gasteiger partial charge is 0.344 e. The van der Waals surface area contributed by atoms with Crippen molar-refractivity contribution in [1.29, 1.82) is 0 Å². The Morgan fingerprint density at radius 2 is 1.85 bits per heavy atom. The first kappa shape index (κ1) is 18.0. The number of hydrogen-bond donors (Lipinski definition) is 0. The molecule has 0 aromatic carbocycles. The minimum Gasteiger partial charge on any atom is -0.344 e. The van der Waals surface area contributed by atoms with Gasteiger partial charge in [0.25, 0.3) is 5.91 Å². The maximum absolute atomic E-state index is 12.8. The maximum atomic E-state index is 12.8. The van der Waals surface area contributed by atoms with Crippen LogP contribution in [0.3, 0.4) is 0 Å². The number of aromatic nitrogens is 4. The molecular formula is C18H25N7O. The molecule has 0 atom stereocenters. The van der Waals surface area contributed by atoms with E-state index in [1.807, 2.05) is 16.8 Å². The van der Waals surface area contributed by atoms with Gasteiger partial charge in [0.05, 0.1) is 0 Å². The standard InChI is InChI=1S/C18H25N7O/c1-3-4-10-23(2)18-21-9-6-15(22-18)16(26)24-11-13-25(14-12-24)17-19-7-5-8-20-17/h5-9H,3-4,10-14H2,1-2H3. The van der Waals surface area contributed by atoms with Gasteiger partial charge >= 0.3 is 0 Å². The summed E-state index contributed by atoms with van der Waals surface area (Å²) in [5.41, 5.74) is 0.447. The summed E-state index contributed by atoms with van der Waals surface area (Å²) in [6, 6.07) is 3.49. The lowest BCUT2D eigenvalue weighted by Gasteiger charge is -2.34.